The van der Waals surface area contributed by atoms with Crippen LogP contribution in [0.2, 0.25) is 0 Å². The number of hydrogen-bond acceptors (Lipinski definition) is 1. The molecular weight excluding hydrogens is 230 g/mol. The summed E-state index contributed by atoms with van der Waals surface area (Å²) in [6.45, 7) is 8.68. The first-order chi connectivity index (χ1) is 8.97. The molecule has 0 aliphatic heterocycles. The molecule has 0 spiro atoms. The third-order valence-corrected chi connectivity index (χ3v) is 3.78. The standard InChI is InChI=1S/C18H23N/c1-12-5-8-18(19)16(11-12)6-7-17-14(3)9-13(2)10-15(17)4/h5,8-11H,6-7,19H2,1-4H3. The van der Waals surface area contributed by atoms with E-state index in [0.29, 0.717) is 0 Å². The molecule has 19 heavy (non-hydrogen) atoms. The lowest BCUT2D eigenvalue weighted by Gasteiger charge is -2.12. The first-order valence-corrected chi connectivity index (χ1v) is 6.89. The van der Waals surface area contributed by atoms with Crippen LogP contribution in [0.25, 0.3) is 0 Å². The van der Waals surface area contributed by atoms with E-state index in [1.54, 1.807) is 0 Å². The van der Waals surface area contributed by atoms with Gasteiger partial charge in [0.1, 0.15) is 0 Å². The lowest BCUT2D eigenvalue weighted by Crippen LogP contribution is -2.01. The molecule has 2 aromatic carbocycles. The van der Waals surface area contributed by atoms with E-state index in [9.17, 15) is 0 Å². The maximum Gasteiger partial charge on any atom is 0.0346 e. The van der Waals surface area contributed by atoms with Crippen LogP contribution in [0.5, 0.6) is 0 Å². The predicted molar refractivity (Wildman–Crippen MR) is 83.7 cm³/mol. The van der Waals surface area contributed by atoms with Gasteiger partial charge < -0.3 is 5.73 Å². The second-order valence-electron chi connectivity index (χ2n) is 5.58. The summed E-state index contributed by atoms with van der Waals surface area (Å²) in [4.78, 5) is 0. The Morgan fingerprint density at radius 2 is 1.42 bits per heavy atom. The van der Waals surface area contributed by atoms with Crippen LogP contribution >= 0.6 is 0 Å². The summed E-state index contributed by atoms with van der Waals surface area (Å²) in [6.07, 6.45) is 2.07. The van der Waals surface area contributed by atoms with E-state index < -0.39 is 0 Å². The zero-order valence-electron chi connectivity index (χ0n) is 12.4. The number of rotatable bonds is 3. The van der Waals surface area contributed by atoms with Crippen LogP contribution in [0.1, 0.15) is 33.4 Å². The molecule has 0 radical (unpaired) electrons. The second kappa shape index (κ2) is 5.48. The van der Waals surface area contributed by atoms with Crippen molar-refractivity contribution in [3.8, 4) is 0 Å². The van der Waals surface area contributed by atoms with Crippen molar-refractivity contribution in [2.75, 3.05) is 5.73 Å². The van der Waals surface area contributed by atoms with Crippen molar-refractivity contribution in [3.63, 3.8) is 0 Å². The van der Waals surface area contributed by atoms with E-state index in [0.717, 1.165) is 18.5 Å². The van der Waals surface area contributed by atoms with Crippen LogP contribution < -0.4 is 5.73 Å². The molecule has 2 aromatic rings. The summed E-state index contributed by atoms with van der Waals surface area (Å²) < 4.78 is 0. The topological polar surface area (TPSA) is 26.0 Å². The molecule has 0 aliphatic carbocycles. The highest BCUT2D eigenvalue weighted by molar-refractivity contribution is 5.49. The monoisotopic (exact) mass is 253 g/mol. The van der Waals surface area contributed by atoms with E-state index in [2.05, 4.69) is 52.0 Å². The molecular formula is C18H23N. The minimum atomic E-state index is 0.910. The zero-order valence-corrected chi connectivity index (χ0v) is 12.4. The molecule has 1 nitrogen and oxygen atoms in total. The largest absolute Gasteiger partial charge is 0.399 e. The normalized spacial score (nSPS) is 10.7. The SMILES string of the molecule is Cc1cc(C)c(CCc2cc(C)ccc2N)c(C)c1. The van der Waals surface area contributed by atoms with Gasteiger partial charge in [-0.05, 0) is 68.9 Å². The Morgan fingerprint density at radius 1 is 0.789 bits per heavy atom. The van der Waals surface area contributed by atoms with Gasteiger partial charge in [0.2, 0.25) is 0 Å². The predicted octanol–water partition coefficient (Wildman–Crippen LogP) is 4.29. The van der Waals surface area contributed by atoms with E-state index in [-0.39, 0.29) is 0 Å². The molecule has 0 fully saturated rings. The van der Waals surface area contributed by atoms with Crippen LogP contribution in [0.15, 0.2) is 30.3 Å². The third kappa shape index (κ3) is 3.17. The van der Waals surface area contributed by atoms with Gasteiger partial charge in [-0.3, -0.25) is 0 Å². The number of benzene rings is 2. The Morgan fingerprint density at radius 3 is 2.05 bits per heavy atom. The molecule has 0 aromatic heterocycles. The second-order valence-corrected chi connectivity index (χ2v) is 5.58. The van der Waals surface area contributed by atoms with Gasteiger partial charge in [0, 0.05) is 5.69 Å². The van der Waals surface area contributed by atoms with Gasteiger partial charge in [-0.15, -0.1) is 0 Å². The third-order valence-electron chi connectivity index (χ3n) is 3.78. The summed E-state index contributed by atoms with van der Waals surface area (Å²) in [5, 5.41) is 0. The van der Waals surface area contributed by atoms with Crippen LogP contribution in [0, 0.1) is 27.7 Å². The molecule has 1 heteroatoms. The van der Waals surface area contributed by atoms with Gasteiger partial charge in [-0.1, -0.05) is 35.4 Å². The summed E-state index contributed by atoms with van der Waals surface area (Å²) in [6, 6.07) is 10.8. The van der Waals surface area contributed by atoms with Gasteiger partial charge in [0.15, 0.2) is 0 Å². The molecule has 0 unspecified atom stereocenters. The van der Waals surface area contributed by atoms with Gasteiger partial charge in [0.05, 0.1) is 0 Å². The Labute approximate surface area is 116 Å². The highest BCUT2D eigenvalue weighted by atomic mass is 14.6. The molecule has 100 valence electrons. The van der Waals surface area contributed by atoms with Crippen LogP contribution in [-0.2, 0) is 12.8 Å². The van der Waals surface area contributed by atoms with E-state index in [1.807, 2.05) is 6.07 Å². The molecule has 0 aliphatic rings. The van der Waals surface area contributed by atoms with Crippen molar-refractivity contribution in [3.05, 3.63) is 63.7 Å². The molecule has 0 atom stereocenters. The van der Waals surface area contributed by atoms with E-state index in [4.69, 9.17) is 5.73 Å². The number of aryl methyl sites for hydroxylation is 5. The first-order valence-electron chi connectivity index (χ1n) is 6.89. The first kappa shape index (κ1) is 13.7. The molecule has 0 bridgehead atoms. The Kier molecular flexibility index (Phi) is 3.94. The van der Waals surface area contributed by atoms with Crippen molar-refractivity contribution in [2.45, 2.75) is 40.5 Å². The lowest BCUT2D eigenvalue weighted by molar-refractivity contribution is 0.936. The van der Waals surface area contributed by atoms with Crippen molar-refractivity contribution in [1.29, 1.82) is 0 Å². The molecule has 0 saturated heterocycles. The van der Waals surface area contributed by atoms with Crippen LogP contribution in [0.4, 0.5) is 5.69 Å². The molecule has 0 amide bonds. The van der Waals surface area contributed by atoms with Crippen molar-refractivity contribution in [2.24, 2.45) is 0 Å². The Bertz CT molecular complexity index is 574. The maximum absolute atomic E-state index is 6.05. The molecule has 0 saturated carbocycles. The van der Waals surface area contributed by atoms with Crippen LogP contribution in [-0.4, -0.2) is 0 Å². The maximum atomic E-state index is 6.05. The smallest absolute Gasteiger partial charge is 0.0346 e. The van der Waals surface area contributed by atoms with Crippen molar-refractivity contribution in [1.82, 2.24) is 0 Å². The fourth-order valence-corrected chi connectivity index (χ4v) is 2.81. The fourth-order valence-electron chi connectivity index (χ4n) is 2.81. The Hall–Kier alpha value is -1.76. The number of nitrogen functional groups attached to an aromatic ring is 1. The summed E-state index contributed by atoms with van der Waals surface area (Å²) in [7, 11) is 0. The summed E-state index contributed by atoms with van der Waals surface area (Å²) in [5.41, 5.74) is 15.1. The number of hydrogen-bond donors (Lipinski definition) is 1. The molecule has 0 heterocycles. The highest BCUT2D eigenvalue weighted by Gasteiger charge is 2.06. The highest BCUT2D eigenvalue weighted by Crippen LogP contribution is 2.21. The van der Waals surface area contributed by atoms with Gasteiger partial charge >= 0.3 is 0 Å². The lowest BCUT2D eigenvalue weighted by atomic mass is 9.94. The average Bonchev–Trinajstić information content (AvgIpc) is 2.32. The van der Waals surface area contributed by atoms with E-state index in [1.165, 1.54) is 33.4 Å². The van der Waals surface area contributed by atoms with E-state index >= 15 is 0 Å². The minimum Gasteiger partial charge on any atom is -0.399 e. The van der Waals surface area contributed by atoms with Gasteiger partial charge in [-0.25, -0.2) is 0 Å². The van der Waals surface area contributed by atoms with Gasteiger partial charge in [-0.2, -0.15) is 0 Å². The fraction of sp³-hybridized carbons (Fsp3) is 0.333. The summed E-state index contributed by atoms with van der Waals surface area (Å²) >= 11 is 0. The zero-order chi connectivity index (χ0) is 14.0. The van der Waals surface area contributed by atoms with Gasteiger partial charge in [0.25, 0.3) is 0 Å². The van der Waals surface area contributed by atoms with Crippen molar-refractivity contribution >= 4 is 5.69 Å². The van der Waals surface area contributed by atoms with Crippen molar-refractivity contribution < 1.29 is 0 Å². The Balaban J connectivity index is 2.21. The molecule has 2 N–H and O–H groups in total. The summed E-state index contributed by atoms with van der Waals surface area (Å²) in [5.74, 6) is 0. The quantitative estimate of drug-likeness (QED) is 0.811. The van der Waals surface area contributed by atoms with Crippen LogP contribution in [0.3, 0.4) is 0 Å². The minimum absolute atomic E-state index is 0.910. The number of anilines is 1. The average molecular weight is 253 g/mol. The molecule has 2 rings (SSSR count). The number of nitrogens with two attached hydrogens (primary N) is 1.